The smallest absolute Gasteiger partial charge is 0.119 e. The summed E-state index contributed by atoms with van der Waals surface area (Å²) in [5.74, 6) is 0.875. The van der Waals surface area contributed by atoms with Gasteiger partial charge in [0.1, 0.15) is 12.4 Å². The van der Waals surface area contributed by atoms with E-state index < -0.39 is 0 Å². The standard InChI is InChI=1S/C13H18BrNO/c1-3-8-15-9-12-4-6-13(7-5-12)16-10-11(2)14/h4-7,15H,2-3,8-10H2,1H3. The van der Waals surface area contributed by atoms with E-state index >= 15 is 0 Å². The van der Waals surface area contributed by atoms with Crippen molar-refractivity contribution < 1.29 is 4.74 Å². The van der Waals surface area contributed by atoms with E-state index in [1.54, 1.807) is 0 Å². The lowest BCUT2D eigenvalue weighted by Gasteiger charge is -2.07. The summed E-state index contributed by atoms with van der Waals surface area (Å²) in [6.45, 7) is 8.36. The molecule has 0 aliphatic carbocycles. The SMILES string of the molecule is C=C(Br)COc1ccc(CNCCC)cc1. The molecule has 0 aromatic heterocycles. The van der Waals surface area contributed by atoms with Crippen molar-refractivity contribution >= 4 is 15.9 Å². The molecule has 16 heavy (non-hydrogen) atoms. The van der Waals surface area contributed by atoms with Gasteiger partial charge in [0.25, 0.3) is 0 Å². The lowest BCUT2D eigenvalue weighted by molar-refractivity contribution is 0.361. The van der Waals surface area contributed by atoms with E-state index in [1.165, 1.54) is 5.56 Å². The van der Waals surface area contributed by atoms with E-state index in [4.69, 9.17) is 4.74 Å². The Hall–Kier alpha value is -0.800. The van der Waals surface area contributed by atoms with Crippen molar-refractivity contribution in [2.75, 3.05) is 13.2 Å². The molecule has 0 saturated heterocycles. The quantitative estimate of drug-likeness (QED) is 0.774. The van der Waals surface area contributed by atoms with Gasteiger partial charge < -0.3 is 10.1 Å². The van der Waals surface area contributed by atoms with Crippen LogP contribution in [0, 0.1) is 0 Å². The molecule has 1 N–H and O–H groups in total. The molecule has 0 aliphatic heterocycles. The van der Waals surface area contributed by atoms with Gasteiger partial charge in [0, 0.05) is 11.0 Å². The number of hydrogen-bond acceptors (Lipinski definition) is 2. The minimum Gasteiger partial charge on any atom is -0.488 e. The molecule has 1 rings (SSSR count). The maximum absolute atomic E-state index is 5.48. The molecule has 0 bridgehead atoms. The molecule has 0 atom stereocenters. The summed E-state index contributed by atoms with van der Waals surface area (Å²) in [6, 6.07) is 8.13. The zero-order chi connectivity index (χ0) is 11.8. The second-order valence-corrected chi connectivity index (χ2v) is 4.75. The van der Waals surface area contributed by atoms with Crippen LogP contribution < -0.4 is 10.1 Å². The molecule has 0 spiro atoms. The third-order valence-electron chi connectivity index (χ3n) is 2.07. The highest BCUT2D eigenvalue weighted by molar-refractivity contribution is 9.11. The average molecular weight is 284 g/mol. The fourth-order valence-electron chi connectivity index (χ4n) is 1.27. The summed E-state index contributed by atoms with van der Waals surface area (Å²) in [6.07, 6.45) is 1.16. The Morgan fingerprint density at radius 1 is 1.38 bits per heavy atom. The Balaban J connectivity index is 2.38. The van der Waals surface area contributed by atoms with Crippen molar-refractivity contribution in [3.05, 3.63) is 40.9 Å². The van der Waals surface area contributed by atoms with Crippen molar-refractivity contribution in [3.8, 4) is 5.75 Å². The summed E-state index contributed by atoms with van der Waals surface area (Å²) in [4.78, 5) is 0. The zero-order valence-corrected chi connectivity index (χ0v) is 11.2. The minimum atomic E-state index is 0.507. The van der Waals surface area contributed by atoms with E-state index in [1.807, 2.05) is 12.1 Å². The van der Waals surface area contributed by atoms with Crippen LogP contribution in [0.2, 0.25) is 0 Å². The Kier molecular flexibility index (Phi) is 6.19. The first-order valence-electron chi connectivity index (χ1n) is 5.48. The fourth-order valence-corrected chi connectivity index (χ4v) is 1.39. The third kappa shape index (κ3) is 5.33. The Morgan fingerprint density at radius 3 is 2.62 bits per heavy atom. The van der Waals surface area contributed by atoms with Crippen LogP contribution in [0.3, 0.4) is 0 Å². The number of ether oxygens (including phenoxy) is 1. The molecule has 1 aromatic carbocycles. The van der Waals surface area contributed by atoms with Crippen molar-refractivity contribution in [3.63, 3.8) is 0 Å². The fraction of sp³-hybridized carbons (Fsp3) is 0.385. The summed E-state index contributed by atoms with van der Waals surface area (Å²) >= 11 is 3.26. The van der Waals surface area contributed by atoms with Gasteiger partial charge in [-0.25, -0.2) is 0 Å². The van der Waals surface area contributed by atoms with Gasteiger partial charge in [-0.2, -0.15) is 0 Å². The highest BCUT2D eigenvalue weighted by Crippen LogP contribution is 2.13. The zero-order valence-electron chi connectivity index (χ0n) is 9.63. The van der Waals surface area contributed by atoms with Gasteiger partial charge in [-0.05, 0) is 30.7 Å². The van der Waals surface area contributed by atoms with E-state index in [0.29, 0.717) is 6.61 Å². The molecule has 0 radical (unpaired) electrons. The minimum absolute atomic E-state index is 0.507. The van der Waals surface area contributed by atoms with Crippen LogP contribution in [-0.4, -0.2) is 13.2 Å². The predicted molar refractivity (Wildman–Crippen MR) is 72.0 cm³/mol. The second kappa shape index (κ2) is 7.47. The molecule has 0 amide bonds. The van der Waals surface area contributed by atoms with Gasteiger partial charge in [-0.1, -0.05) is 41.6 Å². The summed E-state index contributed by atoms with van der Waals surface area (Å²) < 4.78 is 6.33. The van der Waals surface area contributed by atoms with Gasteiger partial charge in [-0.15, -0.1) is 0 Å². The van der Waals surface area contributed by atoms with Crippen LogP contribution in [0.25, 0.3) is 0 Å². The Morgan fingerprint density at radius 2 is 2.06 bits per heavy atom. The normalized spacial score (nSPS) is 10.1. The topological polar surface area (TPSA) is 21.3 Å². The lowest BCUT2D eigenvalue weighted by atomic mass is 10.2. The monoisotopic (exact) mass is 283 g/mol. The van der Waals surface area contributed by atoms with E-state index in [-0.39, 0.29) is 0 Å². The molecular formula is C13H18BrNO. The molecule has 0 heterocycles. The van der Waals surface area contributed by atoms with Gasteiger partial charge in [-0.3, -0.25) is 0 Å². The van der Waals surface area contributed by atoms with Crippen molar-refractivity contribution in [2.24, 2.45) is 0 Å². The molecule has 2 nitrogen and oxygen atoms in total. The maximum Gasteiger partial charge on any atom is 0.119 e. The van der Waals surface area contributed by atoms with Crippen LogP contribution >= 0.6 is 15.9 Å². The molecular weight excluding hydrogens is 266 g/mol. The summed E-state index contributed by atoms with van der Waals surface area (Å²) in [5, 5.41) is 3.36. The number of benzene rings is 1. The molecule has 0 unspecified atom stereocenters. The van der Waals surface area contributed by atoms with Crippen molar-refractivity contribution in [1.82, 2.24) is 5.32 Å². The highest BCUT2D eigenvalue weighted by atomic mass is 79.9. The molecule has 3 heteroatoms. The number of halogens is 1. The van der Waals surface area contributed by atoms with Gasteiger partial charge >= 0.3 is 0 Å². The average Bonchev–Trinajstić information content (AvgIpc) is 2.28. The van der Waals surface area contributed by atoms with Crippen LogP contribution in [0.15, 0.2) is 35.3 Å². The van der Waals surface area contributed by atoms with Gasteiger partial charge in [0.15, 0.2) is 0 Å². The van der Waals surface area contributed by atoms with Crippen molar-refractivity contribution in [2.45, 2.75) is 19.9 Å². The van der Waals surface area contributed by atoms with E-state index in [9.17, 15) is 0 Å². The summed E-state index contributed by atoms with van der Waals surface area (Å²) in [5.41, 5.74) is 1.28. The largest absolute Gasteiger partial charge is 0.488 e. The van der Waals surface area contributed by atoms with Crippen LogP contribution in [0.1, 0.15) is 18.9 Å². The van der Waals surface area contributed by atoms with Gasteiger partial charge in [0.2, 0.25) is 0 Å². The molecule has 1 aromatic rings. The van der Waals surface area contributed by atoms with Crippen LogP contribution in [0.4, 0.5) is 0 Å². The van der Waals surface area contributed by atoms with E-state index in [2.05, 4.69) is 46.9 Å². The molecule has 0 fully saturated rings. The Labute approximate surface area is 106 Å². The van der Waals surface area contributed by atoms with E-state index in [0.717, 1.165) is 29.7 Å². The first-order chi connectivity index (χ1) is 7.72. The highest BCUT2D eigenvalue weighted by Gasteiger charge is 1.96. The first kappa shape index (κ1) is 13.3. The first-order valence-corrected chi connectivity index (χ1v) is 6.27. The van der Waals surface area contributed by atoms with Crippen LogP contribution in [-0.2, 0) is 6.54 Å². The molecule has 0 saturated carbocycles. The third-order valence-corrected chi connectivity index (χ3v) is 2.30. The lowest BCUT2D eigenvalue weighted by Crippen LogP contribution is -2.13. The molecule has 88 valence electrons. The van der Waals surface area contributed by atoms with Crippen molar-refractivity contribution in [1.29, 1.82) is 0 Å². The molecule has 0 aliphatic rings. The predicted octanol–water partition coefficient (Wildman–Crippen LogP) is 3.47. The maximum atomic E-state index is 5.48. The Bertz CT molecular complexity index is 321. The number of rotatable bonds is 7. The van der Waals surface area contributed by atoms with Gasteiger partial charge in [0.05, 0.1) is 0 Å². The number of hydrogen-bond donors (Lipinski definition) is 1. The number of nitrogens with one attached hydrogen (secondary N) is 1. The van der Waals surface area contributed by atoms with Crippen LogP contribution in [0.5, 0.6) is 5.75 Å². The summed E-state index contributed by atoms with van der Waals surface area (Å²) in [7, 11) is 0. The second-order valence-electron chi connectivity index (χ2n) is 3.63.